The SMILES string of the molecule is CN(C[C@H]1CC[C@H](n2cc(NC(=O)c3cnn4ccc(N5CCOC6(CC6)C5)nc34)c(C(F)F)n2)CC1)C1CCN(c2cccc3c2n(C)c(=O)n3C2CCC(=O)NC2=O)CC1(F)F. The number of nitrogens with one attached hydrogen (secondary N) is 2. The first kappa shape index (κ1) is 42.1. The smallest absolute Gasteiger partial charge is 0.329 e. The van der Waals surface area contributed by atoms with Crippen molar-refractivity contribution in [3.05, 3.63) is 64.6 Å². The Hall–Kier alpha value is -5.83. The summed E-state index contributed by atoms with van der Waals surface area (Å²) < 4.78 is 72.7. The molecular weight excluding hydrogens is 841 g/mol. The minimum atomic E-state index is -3.11. The van der Waals surface area contributed by atoms with E-state index in [1.165, 1.54) is 30.7 Å². The van der Waals surface area contributed by atoms with E-state index in [4.69, 9.17) is 9.72 Å². The molecule has 1 aromatic carbocycles. The molecule has 1 spiro atoms. The van der Waals surface area contributed by atoms with Gasteiger partial charge in [-0.2, -0.15) is 10.2 Å². The summed E-state index contributed by atoms with van der Waals surface area (Å²) in [5.41, 5.74) is 0.543. The number of para-hydroxylation sites is 1. The number of aromatic nitrogens is 7. The van der Waals surface area contributed by atoms with E-state index in [1.807, 2.05) is 6.07 Å². The maximum absolute atomic E-state index is 16.2. The fraction of sp³-hybridized carbons (Fsp3) is 0.558. The van der Waals surface area contributed by atoms with Crippen molar-refractivity contribution in [2.24, 2.45) is 13.0 Å². The summed E-state index contributed by atoms with van der Waals surface area (Å²) in [4.78, 5) is 61.8. The molecule has 3 aliphatic heterocycles. The topological polar surface area (TPSA) is 169 Å². The second-order valence-corrected chi connectivity index (χ2v) is 18.2. The molecule has 0 radical (unpaired) electrons. The Morgan fingerprint density at radius 2 is 1.83 bits per heavy atom. The third-order valence-electron chi connectivity index (χ3n) is 14.0. The van der Waals surface area contributed by atoms with Gasteiger partial charge in [0.2, 0.25) is 11.8 Å². The van der Waals surface area contributed by atoms with Crippen LogP contribution in [-0.2, 0) is 21.4 Å². The van der Waals surface area contributed by atoms with E-state index in [1.54, 1.807) is 48.3 Å². The number of piperidine rings is 2. The molecule has 3 amide bonds. The normalized spacial score (nSPS) is 24.6. The second-order valence-electron chi connectivity index (χ2n) is 18.2. The van der Waals surface area contributed by atoms with Crippen LogP contribution in [0.25, 0.3) is 16.7 Å². The Labute approximate surface area is 364 Å². The van der Waals surface area contributed by atoms with Gasteiger partial charge in [-0.25, -0.2) is 31.9 Å². The highest BCUT2D eigenvalue weighted by Crippen LogP contribution is 2.43. The first-order valence-corrected chi connectivity index (χ1v) is 22.0. The molecule has 64 heavy (non-hydrogen) atoms. The molecule has 5 aliphatic rings. The van der Waals surface area contributed by atoms with Crippen molar-refractivity contribution < 1.29 is 36.7 Å². The number of nitrogens with zero attached hydrogens (tertiary/aromatic N) is 10. The lowest BCUT2D eigenvalue weighted by Crippen LogP contribution is -2.58. The minimum absolute atomic E-state index is 0.0877. The number of morpholine rings is 1. The number of amides is 3. The molecule has 340 valence electrons. The summed E-state index contributed by atoms with van der Waals surface area (Å²) in [5, 5.41) is 13.4. The summed E-state index contributed by atoms with van der Waals surface area (Å²) in [5.74, 6) is -3.94. The summed E-state index contributed by atoms with van der Waals surface area (Å²) in [6, 6.07) is 4.76. The van der Waals surface area contributed by atoms with Crippen molar-refractivity contribution in [3.63, 3.8) is 0 Å². The van der Waals surface area contributed by atoms with Crippen molar-refractivity contribution in [2.45, 2.75) is 93.9 Å². The first-order chi connectivity index (χ1) is 30.7. The van der Waals surface area contributed by atoms with E-state index < -0.39 is 60.1 Å². The number of benzene rings is 1. The van der Waals surface area contributed by atoms with Crippen molar-refractivity contribution in [1.29, 1.82) is 0 Å². The average Bonchev–Trinajstić information content (AvgIpc) is 3.55. The number of aryl methyl sites for hydroxylation is 1. The number of imide groups is 1. The Balaban J connectivity index is 0.770. The molecule has 0 bridgehead atoms. The third-order valence-corrected chi connectivity index (χ3v) is 14.0. The van der Waals surface area contributed by atoms with Gasteiger partial charge in [-0.05, 0) is 82.5 Å². The highest BCUT2D eigenvalue weighted by atomic mass is 19.3. The maximum atomic E-state index is 16.2. The molecule has 4 aromatic heterocycles. The number of carbonyl (C=O) groups excluding carboxylic acids is 3. The number of hydrogen-bond donors (Lipinski definition) is 2. The molecule has 2 saturated carbocycles. The van der Waals surface area contributed by atoms with Crippen LogP contribution in [-0.4, -0.2) is 120 Å². The third kappa shape index (κ3) is 7.58. The number of fused-ring (bicyclic) bond motifs is 2. The zero-order valence-electron chi connectivity index (χ0n) is 35.6. The molecule has 2 atom stereocenters. The van der Waals surface area contributed by atoms with Crippen molar-refractivity contribution in [2.75, 3.05) is 61.5 Å². The predicted molar refractivity (Wildman–Crippen MR) is 226 cm³/mol. The molecule has 2 unspecified atom stereocenters. The van der Waals surface area contributed by atoms with Crippen LogP contribution in [0, 0.1) is 5.92 Å². The van der Waals surface area contributed by atoms with Gasteiger partial charge < -0.3 is 19.9 Å². The summed E-state index contributed by atoms with van der Waals surface area (Å²) in [7, 11) is 3.27. The summed E-state index contributed by atoms with van der Waals surface area (Å²) in [6.07, 6.45) is 6.52. The van der Waals surface area contributed by atoms with Gasteiger partial charge in [-0.3, -0.25) is 38.4 Å². The fourth-order valence-corrected chi connectivity index (χ4v) is 10.4. The van der Waals surface area contributed by atoms with E-state index in [-0.39, 0.29) is 48.1 Å². The quantitative estimate of drug-likeness (QED) is 0.147. The monoisotopic (exact) mass is 890 g/mol. The fourth-order valence-electron chi connectivity index (χ4n) is 10.4. The van der Waals surface area contributed by atoms with Crippen molar-refractivity contribution in [3.8, 4) is 0 Å². The highest BCUT2D eigenvalue weighted by Gasteiger charge is 2.49. The van der Waals surface area contributed by atoms with Gasteiger partial charge in [0, 0.05) is 52.0 Å². The molecule has 7 heterocycles. The molecular formula is C43H50F4N12O5. The van der Waals surface area contributed by atoms with Crippen LogP contribution < -0.4 is 26.1 Å². The largest absolute Gasteiger partial charge is 0.371 e. The molecule has 10 rings (SSSR count). The van der Waals surface area contributed by atoms with Crippen molar-refractivity contribution >= 4 is 51.6 Å². The maximum Gasteiger partial charge on any atom is 0.329 e. The highest BCUT2D eigenvalue weighted by molar-refractivity contribution is 6.08. The zero-order valence-corrected chi connectivity index (χ0v) is 35.6. The molecule has 2 aliphatic carbocycles. The van der Waals surface area contributed by atoms with Gasteiger partial charge >= 0.3 is 5.69 Å². The lowest BCUT2D eigenvalue weighted by molar-refractivity contribution is -0.135. The van der Waals surface area contributed by atoms with Crippen LogP contribution in [0.1, 0.15) is 92.3 Å². The molecule has 2 N–H and O–H groups in total. The summed E-state index contributed by atoms with van der Waals surface area (Å²) >= 11 is 0. The number of rotatable bonds is 10. The van der Waals surface area contributed by atoms with Crippen LogP contribution in [0.5, 0.6) is 0 Å². The van der Waals surface area contributed by atoms with Crippen LogP contribution in [0.4, 0.5) is 34.8 Å². The second kappa shape index (κ2) is 16.0. The molecule has 3 saturated heterocycles. The number of hydrogen-bond acceptors (Lipinski definition) is 11. The number of alkyl halides is 4. The van der Waals surface area contributed by atoms with Crippen LogP contribution in [0.2, 0.25) is 0 Å². The average molecular weight is 891 g/mol. The number of ether oxygens (including phenoxy) is 1. The van der Waals surface area contributed by atoms with E-state index in [2.05, 4.69) is 25.7 Å². The minimum Gasteiger partial charge on any atom is -0.371 e. The molecule has 17 nitrogen and oxygen atoms in total. The Morgan fingerprint density at radius 3 is 2.56 bits per heavy atom. The number of imidazole rings is 1. The standard InChI is InChI=1S/C43H50F4N12O5/c1-53(32-12-16-55(24-43(32,46)47)29-4-3-5-30-36(29)54(2)41(63)59(30)31-10-11-34(60)51-40(31)62)21-25-6-8-26(9-7-25)58-22-28(35(52-58)37(44)45)49-39(61)27-20-48-57-17-13-33(50-38(27)57)56-18-19-64-42(23-56)14-15-42/h3-5,13,17,20,22,25-26,31-32,37H,6-12,14-16,18-19,21,23-24H2,1-2H3,(H,49,61)(H,51,60,62)/t25-,26-,31?,32?. The lowest BCUT2D eigenvalue weighted by atomic mass is 9.85. The predicted octanol–water partition coefficient (Wildman–Crippen LogP) is 4.69. The van der Waals surface area contributed by atoms with Gasteiger partial charge in [0.1, 0.15) is 17.4 Å². The van der Waals surface area contributed by atoms with Gasteiger partial charge in [-0.1, -0.05) is 6.07 Å². The number of carbonyl (C=O) groups is 3. The van der Waals surface area contributed by atoms with Crippen LogP contribution in [0.15, 0.2) is 47.7 Å². The van der Waals surface area contributed by atoms with Crippen LogP contribution >= 0.6 is 0 Å². The van der Waals surface area contributed by atoms with Gasteiger partial charge in [-0.15, -0.1) is 0 Å². The molecule has 5 aromatic rings. The van der Waals surface area contributed by atoms with Gasteiger partial charge in [0.15, 0.2) is 11.3 Å². The zero-order chi connectivity index (χ0) is 44.7. The van der Waals surface area contributed by atoms with E-state index in [0.717, 1.165) is 12.8 Å². The van der Waals surface area contributed by atoms with Gasteiger partial charge in [0.05, 0.1) is 59.4 Å². The lowest BCUT2D eigenvalue weighted by Gasteiger charge is -2.44. The van der Waals surface area contributed by atoms with E-state index in [0.29, 0.717) is 86.7 Å². The Morgan fingerprint density at radius 1 is 1.03 bits per heavy atom. The first-order valence-electron chi connectivity index (χ1n) is 22.0. The Bertz CT molecular complexity index is 2700. The summed E-state index contributed by atoms with van der Waals surface area (Å²) in [6.45, 7) is 2.11. The number of halogens is 4. The number of anilines is 3. The van der Waals surface area contributed by atoms with Crippen molar-refractivity contribution in [1.82, 2.24) is 43.7 Å². The van der Waals surface area contributed by atoms with E-state index in [9.17, 15) is 28.0 Å². The Kier molecular flexibility index (Phi) is 10.5. The van der Waals surface area contributed by atoms with Crippen LogP contribution in [0.3, 0.4) is 0 Å². The van der Waals surface area contributed by atoms with E-state index >= 15 is 8.78 Å². The molecule has 5 fully saturated rings. The molecule has 21 heteroatoms. The van der Waals surface area contributed by atoms with Gasteiger partial charge in [0.25, 0.3) is 18.3 Å².